The Morgan fingerprint density at radius 2 is 0.714 bits per heavy atom. The van der Waals surface area contributed by atoms with E-state index in [-0.39, 0.29) is 34.0 Å². The molecule has 2 aliphatic heterocycles. The van der Waals surface area contributed by atoms with Gasteiger partial charge in [0.15, 0.2) is 11.7 Å². The summed E-state index contributed by atoms with van der Waals surface area (Å²) in [7, 11) is 0. The molecule has 2 atom stereocenters. The standard InChI is InChI=1S/C46H96N8.2BrH/c1-3-5-7-9-11-13-15-17-19-21-25-29-45-51-37-43-53(45,41-35-49-33-31-47)39-27-23-24-28-40-54(42-36-50-34-32-48)44-38-52-46(54)30-26-22-20-18-16-14-12-10-8-6-4-2;;/h49-50H,3-44,47-48H2,1-2H3;2*1H/q+2;;/p-2. The molecule has 0 spiro atoms. The van der Waals surface area contributed by atoms with Crippen LogP contribution < -0.4 is 56.1 Å². The normalized spacial score (nSPS) is 19.2. The van der Waals surface area contributed by atoms with Gasteiger partial charge in [-0.25, -0.2) is 9.98 Å². The molecule has 0 saturated heterocycles. The lowest BCUT2D eigenvalue weighted by Gasteiger charge is -2.36. The van der Waals surface area contributed by atoms with E-state index >= 15 is 0 Å². The molecule has 6 N–H and O–H groups in total. The van der Waals surface area contributed by atoms with Gasteiger partial charge < -0.3 is 56.1 Å². The van der Waals surface area contributed by atoms with E-state index in [4.69, 9.17) is 21.5 Å². The molecule has 2 rings (SSSR count). The SMILES string of the molecule is CCCCCCCCCCCCCC1=NCC[N+]1(CCCCCC[N+]1(CCNCCN)CCN=C1CCCCCCCCCCCCC)CCNCCN.[Br-].[Br-]. The van der Waals surface area contributed by atoms with E-state index in [9.17, 15) is 0 Å². The summed E-state index contributed by atoms with van der Waals surface area (Å²) in [6, 6.07) is 0. The molecule has 2 unspecified atom stereocenters. The Morgan fingerprint density at radius 3 is 1.04 bits per heavy atom. The highest BCUT2D eigenvalue weighted by Gasteiger charge is 2.38. The van der Waals surface area contributed by atoms with Crippen molar-refractivity contribution in [2.75, 3.05) is 91.6 Å². The predicted molar refractivity (Wildman–Crippen MR) is 239 cm³/mol. The average molecular weight is 921 g/mol. The number of hydrogen-bond donors (Lipinski definition) is 4. The largest absolute Gasteiger partial charge is 1.00 e. The Hall–Kier alpha value is 0.0600. The Bertz CT molecular complexity index is 850. The molecule has 2 aliphatic rings. The van der Waals surface area contributed by atoms with E-state index in [0.717, 1.165) is 48.2 Å². The molecule has 0 aliphatic carbocycles. The van der Waals surface area contributed by atoms with Crippen LogP contribution in [0.2, 0.25) is 0 Å². The van der Waals surface area contributed by atoms with Gasteiger partial charge in [-0.15, -0.1) is 0 Å². The number of quaternary nitrogens is 2. The number of halogens is 2. The molecule has 0 radical (unpaired) electrons. The summed E-state index contributed by atoms with van der Waals surface area (Å²) in [4.78, 5) is 10.3. The zero-order valence-corrected chi connectivity index (χ0v) is 40.6. The van der Waals surface area contributed by atoms with Crippen molar-refractivity contribution in [2.24, 2.45) is 21.5 Å². The second-order valence-electron chi connectivity index (χ2n) is 17.3. The summed E-state index contributed by atoms with van der Waals surface area (Å²) in [5.41, 5.74) is 11.6. The highest BCUT2D eigenvalue weighted by Crippen LogP contribution is 2.25. The first-order valence-electron chi connectivity index (χ1n) is 24.3. The van der Waals surface area contributed by atoms with Crippen molar-refractivity contribution < 1.29 is 42.9 Å². The van der Waals surface area contributed by atoms with E-state index in [1.165, 1.54) is 231 Å². The van der Waals surface area contributed by atoms with E-state index in [2.05, 4.69) is 24.5 Å². The molecule has 0 amide bonds. The van der Waals surface area contributed by atoms with Crippen molar-refractivity contribution in [3.63, 3.8) is 0 Å². The molecule has 8 nitrogen and oxygen atoms in total. The summed E-state index contributed by atoms with van der Waals surface area (Å²) < 4.78 is 2.27. The Kier molecular flexibility index (Phi) is 39.3. The molecule has 2 heterocycles. The summed E-state index contributed by atoms with van der Waals surface area (Å²) in [5.74, 6) is 3.02. The van der Waals surface area contributed by atoms with Crippen molar-refractivity contribution in [3.05, 3.63) is 0 Å². The van der Waals surface area contributed by atoms with Gasteiger partial charge in [-0.2, -0.15) is 0 Å². The fraction of sp³-hybridized carbons (Fsp3) is 0.957. The molecule has 10 heteroatoms. The zero-order valence-electron chi connectivity index (χ0n) is 37.4. The Balaban J connectivity index is 0.0000151. The third-order valence-corrected chi connectivity index (χ3v) is 12.7. The number of nitrogens with zero attached hydrogens (tertiary/aromatic N) is 4. The van der Waals surface area contributed by atoms with E-state index in [1.807, 2.05) is 0 Å². The molecule has 0 aromatic carbocycles. The molecular weight excluding hydrogens is 824 g/mol. The number of nitrogens with two attached hydrogens (primary N) is 2. The van der Waals surface area contributed by atoms with Gasteiger partial charge in [0, 0.05) is 52.1 Å². The number of unbranched alkanes of at least 4 members (excludes halogenated alkanes) is 23. The van der Waals surface area contributed by atoms with Crippen LogP contribution in [0.4, 0.5) is 0 Å². The van der Waals surface area contributed by atoms with Crippen molar-refractivity contribution in [1.29, 1.82) is 0 Å². The maximum absolute atomic E-state index is 5.82. The first-order chi connectivity index (χ1) is 26.7. The van der Waals surface area contributed by atoms with Crippen LogP contribution in [0.5, 0.6) is 0 Å². The fourth-order valence-electron chi connectivity index (χ4n) is 9.24. The highest BCUT2D eigenvalue weighted by atomic mass is 79.9. The van der Waals surface area contributed by atoms with Crippen molar-refractivity contribution in [3.8, 4) is 0 Å². The van der Waals surface area contributed by atoms with Gasteiger partial charge in [-0.3, -0.25) is 8.97 Å². The van der Waals surface area contributed by atoms with E-state index < -0.39 is 0 Å². The van der Waals surface area contributed by atoms with Crippen molar-refractivity contribution >= 4 is 11.7 Å². The topological polar surface area (TPSA) is 101 Å². The second-order valence-corrected chi connectivity index (χ2v) is 17.3. The van der Waals surface area contributed by atoms with Gasteiger partial charge in [-0.1, -0.05) is 142 Å². The van der Waals surface area contributed by atoms with E-state index in [1.54, 1.807) is 0 Å². The zero-order chi connectivity index (χ0) is 38.7. The van der Waals surface area contributed by atoms with Gasteiger partial charge in [-0.05, 0) is 38.5 Å². The fourth-order valence-corrected chi connectivity index (χ4v) is 9.24. The minimum absolute atomic E-state index is 0. The maximum atomic E-state index is 5.82. The molecule has 0 bridgehead atoms. The molecule has 334 valence electrons. The lowest BCUT2D eigenvalue weighted by Crippen LogP contribution is -3.00. The summed E-state index contributed by atoms with van der Waals surface area (Å²) in [6.45, 7) is 19.3. The van der Waals surface area contributed by atoms with Gasteiger partial charge >= 0.3 is 0 Å². The third-order valence-electron chi connectivity index (χ3n) is 12.7. The van der Waals surface area contributed by atoms with E-state index in [0.29, 0.717) is 13.1 Å². The monoisotopic (exact) mass is 919 g/mol. The minimum Gasteiger partial charge on any atom is -1.00 e. The van der Waals surface area contributed by atoms with Crippen molar-refractivity contribution in [1.82, 2.24) is 10.6 Å². The van der Waals surface area contributed by atoms with Crippen LogP contribution in [0.3, 0.4) is 0 Å². The van der Waals surface area contributed by atoms with Gasteiger partial charge in [0.05, 0.1) is 39.3 Å². The number of rotatable bonds is 41. The molecule has 0 saturated carbocycles. The molecule has 0 aromatic heterocycles. The lowest BCUT2D eigenvalue weighted by molar-refractivity contribution is -0.836. The van der Waals surface area contributed by atoms with Crippen LogP contribution in [0, 0.1) is 0 Å². The lowest BCUT2D eigenvalue weighted by atomic mass is 10.0. The smallest absolute Gasteiger partial charge is 0.198 e. The van der Waals surface area contributed by atoms with Crippen LogP contribution in [0.25, 0.3) is 0 Å². The van der Waals surface area contributed by atoms with Crippen LogP contribution >= 0.6 is 0 Å². The summed E-state index contributed by atoms with van der Waals surface area (Å²) in [6.07, 6.45) is 38.6. The number of aliphatic imine (C=N–C) groups is 2. The predicted octanol–water partition coefficient (Wildman–Crippen LogP) is 3.51. The molecule has 0 fully saturated rings. The molecule has 56 heavy (non-hydrogen) atoms. The average Bonchev–Trinajstić information content (AvgIpc) is 3.78. The minimum atomic E-state index is 0. The highest BCUT2D eigenvalue weighted by molar-refractivity contribution is 5.77. The summed E-state index contributed by atoms with van der Waals surface area (Å²) >= 11 is 0. The van der Waals surface area contributed by atoms with Crippen LogP contribution in [-0.2, 0) is 0 Å². The maximum Gasteiger partial charge on any atom is 0.198 e. The Morgan fingerprint density at radius 1 is 0.411 bits per heavy atom. The van der Waals surface area contributed by atoms with Crippen LogP contribution in [-0.4, -0.2) is 112 Å². The quantitative estimate of drug-likeness (QED) is 0.0558. The van der Waals surface area contributed by atoms with Crippen molar-refractivity contribution in [2.45, 2.75) is 194 Å². The van der Waals surface area contributed by atoms with Gasteiger partial charge in [0.1, 0.15) is 13.1 Å². The van der Waals surface area contributed by atoms with Crippen LogP contribution in [0.1, 0.15) is 194 Å². The Labute approximate surface area is 370 Å². The molecule has 0 aromatic rings. The first-order valence-corrected chi connectivity index (χ1v) is 24.3. The molecular formula is C46H96Br2N8. The number of nitrogens with one attached hydrogen (secondary N) is 2. The summed E-state index contributed by atoms with van der Waals surface area (Å²) in [5, 5.41) is 7.22. The first kappa shape index (κ1) is 56.1. The second kappa shape index (κ2) is 39.2. The number of amidine groups is 2. The number of hydrogen-bond acceptors (Lipinski definition) is 6. The van der Waals surface area contributed by atoms with Crippen LogP contribution in [0.15, 0.2) is 9.98 Å². The third kappa shape index (κ3) is 25.6. The van der Waals surface area contributed by atoms with Gasteiger partial charge in [0.25, 0.3) is 0 Å². The van der Waals surface area contributed by atoms with Gasteiger partial charge in [0.2, 0.25) is 0 Å².